The van der Waals surface area contributed by atoms with Crippen LogP contribution in [-0.4, -0.2) is 50.2 Å². The smallest absolute Gasteiger partial charge is 0.0561 e. The van der Waals surface area contributed by atoms with Gasteiger partial charge in [-0.2, -0.15) is 0 Å². The molecule has 3 nitrogen and oxygen atoms in total. The third-order valence-corrected chi connectivity index (χ3v) is 2.49. The quantitative estimate of drug-likeness (QED) is 0.532. The highest BCUT2D eigenvalue weighted by molar-refractivity contribution is 5.04. The van der Waals surface area contributed by atoms with Gasteiger partial charge in [0.2, 0.25) is 0 Å². The first-order valence-corrected chi connectivity index (χ1v) is 4.95. The molecule has 72 valence electrons. The Morgan fingerprint density at radius 2 is 1.92 bits per heavy atom. The summed E-state index contributed by atoms with van der Waals surface area (Å²) in [6, 6.07) is 0. The van der Waals surface area contributed by atoms with Crippen LogP contribution in [0.4, 0.5) is 0 Å². The van der Waals surface area contributed by atoms with Crippen molar-refractivity contribution >= 4 is 0 Å². The second-order valence-electron chi connectivity index (χ2n) is 3.55. The molecule has 12 heavy (non-hydrogen) atoms. The van der Waals surface area contributed by atoms with Crippen LogP contribution >= 0.6 is 0 Å². The van der Waals surface area contributed by atoms with Crippen molar-refractivity contribution in [3.05, 3.63) is 0 Å². The first-order valence-electron chi connectivity index (χ1n) is 4.95. The second kappa shape index (κ2) is 4.21. The zero-order chi connectivity index (χ0) is 9.03. The maximum absolute atomic E-state index is 3.56. The number of nitrogens with zero attached hydrogens (tertiary/aromatic N) is 1. The Labute approximate surface area is 75.5 Å². The van der Waals surface area contributed by atoms with E-state index in [2.05, 4.69) is 22.6 Å². The van der Waals surface area contributed by atoms with Gasteiger partial charge in [-0.3, -0.25) is 0 Å². The van der Waals surface area contributed by atoms with Crippen molar-refractivity contribution in [2.24, 2.45) is 0 Å². The predicted octanol–water partition coefficient (Wildman–Crippen LogP) is -0.110. The van der Waals surface area contributed by atoms with Crippen molar-refractivity contribution in [3.8, 4) is 0 Å². The van der Waals surface area contributed by atoms with Crippen LogP contribution in [0.15, 0.2) is 0 Å². The SMILES string of the molecule is CC.CN1CCNC2(CNC2)C1. The molecule has 0 aliphatic carbocycles. The number of nitrogens with one attached hydrogen (secondary N) is 2. The molecule has 0 aromatic heterocycles. The molecule has 0 amide bonds. The summed E-state index contributed by atoms with van der Waals surface area (Å²) in [6.07, 6.45) is 0. The molecule has 2 fully saturated rings. The first-order chi connectivity index (χ1) is 5.81. The lowest BCUT2D eigenvalue weighted by molar-refractivity contribution is 0.107. The van der Waals surface area contributed by atoms with Crippen LogP contribution in [0, 0.1) is 0 Å². The molecular formula is C9H21N3. The Morgan fingerprint density at radius 1 is 1.25 bits per heavy atom. The summed E-state index contributed by atoms with van der Waals surface area (Å²) in [6.45, 7) is 9.86. The van der Waals surface area contributed by atoms with E-state index in [1.165, 1.54) is 13.1 Å². The Bertz CT molecular complexity index is 132. The minimum atomic E-state index is 0.438. The zero-order valence-corrected chi connectivity index (χ0v) is 8.48. The highest BCUT2D eigenvalue weighted by Gasteiger charge is 2.39. The average molecular weight is 171 g/mol. The second-order valence-corrected chi connectivity index (χ2v) is 3.55. The molecule has 0 unspecified atom stereocenters. The molecule has 0 atom stereocenters. The van der Waals surface area contributed by atoms with Crippen molar-refractivity contribution < 1.29 is 0 Å². The van der Waals surface area contributed by atoms with Crippen LogP contribution in [0.5, 0.6) is 0 Å². The van der Waals surface area contributed by atoms with Gasteiger partial charge in [-0.15, -0.1) is 0 Å². The van der Waals surface area contributed by atoms with E-state index < -0.39 is 0 Å². The minimum Gasteiger partial charge on any atom is -0.313 e. The van der Waals surface area contributed by atoms with Crippen molar-refractivity contribution in [1.82, 2.24) is 15.5 Å². The highest BCUT2D eigenvalue weighted by atomic mass is 15.3. The van der Waals surface area contributed by atoms with Crippen molar-refractivity contribution in [1.29, 1.82) is 0 Å². The first kappa shape index (κ1) is 9.96. The number of hydrogen-bond acceptors (Lipinski definition) is 3. The standard InChI is InChI=1S/C7H15N3.C2H6/c1-10-3-2-9-7(6-10)4-8-5-7;1-2/h8-9H,2-6H2,1H3;1-2H3. The van der Waals surface area contributed by atoms with Crippen LogP contribution in [-0.2, 0) is 0 Å². The van der Waals surface area contributed by atoms with E-state index in [-0.39, 0.29) is 0 Å². The molecule has 2 aliphatic rings. The van der Waals surface area contributed by atoms with Gasteiger partial charge in [0.25, 0.3) is 0 Å². The van der Waals surface area contributed by atoms with E-state index in [1.807, 2.05) is 13.8 Å². The lowest BCUT2D eigenvalue weighted by Gasteiger charge is -2.49. The van der Waals surface area contributed by atoms with E-state index in [1.54, 1.807) is 0 Å². The molecule has 2 rings (SSSR count). The maximum atomic E-state index is 3.56. The fraction of sp³-hybridized carbons (Fsp3) is 1.00. The summed E-state index contributed by atoms with van der Waals surface area (Å²) in [5, 5.41) is 6.86. The van der Waals surface area contributed by atoms with Gasteiger partial charge in [-0.05, 0) is 7.05 Å². The Kier molecular flexibility index (Phi) is 3.50. The molecule has 0 aromatic carbocycles. The molecule has 0 aromatic rings. The molecule has 2 heterocycles. The van der Waals surface area contributed by atoms with Crippen LogP contribution in [0.3, 0.4) is 0 Å². The van der Waals surface area contributed by atoms with Gasteiger partial charge in [0.1, 0.15) is 0 Å². The number of hydrogen-bond donors (Lipinski definition) is 2. The van der Waals surface area contributed by atoms with E-state index in [4.69, 9.17) is 0 Å². The summed E-state index contributed by atoms with van der Waals surface area (Å²) in [7, 11) is 2.20. The Balaban J connectivity index is 0.000000336. The maximum Gasteiger partial charge on any atom is 0.0561 e. The Hall–Kier alpha value is -0.120. The molecule has 1 spiro atoms. The minimum absolute atomic E-state index is 0.438. The van der Waals surface area contributed by atoms with Crippen LogP contribution in [0.2, 0.25) is 0 Å². The van der Waals surface area contributed by atoms with Gasteiger partial charge in [0.15, 0.2) is 0 Å². The van der Waals surface area contributed by atoms with Crippen molar-refractivity contribution in [2.45, 2.75) is 19.4 Å². The van der Waals surface area contributed by atoms with Crippen LogP contribution in [0.25, 0.3) is 0 Å². The van der Waals surface area contributed by atoms with Gasteiger partial charge >= 0.3 is 0 Å². The number of likely N-dealkylation sites (N-methyl/N-ethyl adjacent to an activating group) is 1. The highest BCUT2D eigenvalue weighted by Crippen LogP contribution is 2.14. The summed E-state index contributed by atoms with van der Waals surface area (Å²) in [5.74, 6) is 0. The van der Waals surface area contributed by atoms with Crippen LogP contribution in [0.1, 0.15) is 13.8 Å². The van der Waals surface area contributed by atoms with E-state index in [9.17, 15) is 0 Å². The van der Waals surface area contributed by atoms with Crippen molar-refractivity contribution in [2.75, 3.05) is 39.8 Å². The fourth-order valence-corrected chi connectivity index (χ4v) is 1.83. The topological polar surface area (TPSA) is 27.3 Å². The average Bonchev–Trinajstić information content (AvgIpc) is 2.06. The summed E-state index contributed by atoms with van der Waals surface area (Å²) in [5.41, 5.74) is 0.438. The number of piperazine rings is 1. The number of rotatable bonds is 0. The summed E-state index contributed by atoms with van der Waals surface area (Å²) < 4.78 is 0. The third kappa shape index (κ3) is 1.97. The monoisotopic (exact) mass is 171 g/mol. The van der Waals surface area contributed by atoms with Gasteiger partial charge < -0.3 is 15.5 Å². The molecule has 2 N–H and O–H groups in total. The predicted molar refractivity (Wildman–Crippen MR) is 52.4 cm³/mol. The van der Waals surface area contributed by atoms with Crippen LogP contribution < -0.4 is 10.6 Å². The van der Waals surface area contributed by atoms with Gasteiger partial charge in [0, 0.05) is 32.7 Å². The van der Waals surface area contributed by atoms with Gasteiger partial charge in [-0.1, -0.05) is 13.8 Å². The molecule has 0 bridgehead atoms. The zero-order valence-electron chi connectivity index (χ0n) is 8.48. The molecule has 2 saturated heterocycles. The fourth-order valence-electron chi connectivity index (χ4n) is 1.83. The largest absolute Gasteiger partial charge is 0.313 e. The van der Waals surface area contributed by atoms with Gasteiger partial charge in [0.05, 0.1) is 5.54 Å². The van der Waals surface area contributed by atoms with E-state index >= 15 is 0 Å². The molecule has 3 heteroatoms. The Morgan fingerprint density at radius 3 is 2.25 bits per heavy atom. The van der Waals surface area contributed by atoms with Crippen molar-refractivity contribution in [3.63, 3.8) is 0 Å². The van der Waals surface area contributed by atoms with E-state index in [0.29, 0.717) is 5.54 Å². The third-order valence-electron chi connectivity index (χ3n) is 2.49. The molecule has 0 radical (unpaired) electrons. The molecule has 0 saturated carbocycles. The normalized spacial score (nSPS) is 27.2. The molecular weight excluding hydrogens is 150 g/mol. The van der Waals surface area contributed by atoms with E-state index in [0.717, 1.165) is 19.6 Å². The summed E-state index contributed by atoms with van der Waals surface area (Å²) in [4.78, 5) is 2.40. The lowest BCUT2D eigenvalue weighted by atomic mass is 9.90. The lowest BCUT2D eigenvalue weighted by Crippen LogP contribution is -2.74. The molecule has 2 aliphatic heterocycles. The van der Waals surface area contributed by atoms with Gasteiger partial charge in [-0.25, -0.2) is 0 Å². The summed E-state index contributed by atoms with van der Waals surface area (Å²) >= 11 is 0.